The largest absolute Gasteiger partial charge is 0.480 e. The molecule has 0 aromatic heterocycles. The molecule has 1 atom stereocenters. The predicted molar refractivity (Wildman–Crippen MR) is 38.4 cm³/mol. The fourth-order valence-corrected chi connectivity index (χ4v) is 0.732. The monoisotopic (exact) mass is 179 g/mol. The smallest absolute Gasteiger partial charge is 0.327 e. The Morgan fingerprint density at radius 3 is 2.82 bits per heavy atom. The first-order valence-corrected chi connectivity index (χ1v) is 3.84. The molecular weight excluding hydrogens is 169 g/mol. The maximum absolute atomic E-state index is 10.1. The lowest BCUT2D eigenvalue weighted by Crippen LogP contribution is -2.30. The maximum Gasteiger partial charge on any atom is 0.327 e. The summed E-state index contributed by atoms with van der Waals surface area (Å²) in [6, 6.07) is -0.845. The lowest BCUT2D eigenvalue weighted by atomic mass is 10.2. The Kier molecular flexibility index (Phi) is 5.93. The summed E-state index contributed by atoms with van der Waals surface area (Å²) in [6.45, 7) is 0.270. The molecule has 0 aliphatic heterocycles. The van der Waals surface area contributed by atoms with Crippen LogP contribution < -0.4 is 5.73 Å². The van der Waals surface area contributed by atoms with Gasteiger partial charge in [-0.15, -0.1) is 0 Å². The van der Waals surface area contributed by atoms with Crippen molar-refractivity contribution in [2.75, 3.05) is 6.61 Å². The molecule has 0 aromatic carbocycles. The van der Waals surface area contributed by atoms with Gasteiger partial charge in [0.1, 0.15) is 6.04 Å². The van der Waals surface area contributed by atoms with Crippen LogP contribution in [0.15, 0.2) is 0 Å². The topological polar surface area (TPSA) is 89.6 Å². The number of nitrogens with two attached hydrogens (primary N) is 1. The third kappa shape index (κ3) is 5.91. The molecule has 0 fully saturated rings. The number of hydrogen-bond donors (Lipinski definition) is 2. The Labute approximate surface area is 65.8 Å². The lowest BCUT2D eigenvalue weighted by molar-refractivity contribution is -0.138. The van der Waals surface area contributed by atoms with Crippen LogP contribution in [0.25, 0.3) is 0 Å². The van der Waals surface area contributed by atoms with E-state index in [1.807, 2.05) is 0 Å². The molecule has 6 heteroatoms. The van der Waals surface area contributed by atoms with E-state index < -0.39 is 12.0 Å². The minimum Gasteiger partial charge on any atom is -0.480 e. The second kappa shape index (κ2) is 6.22. The van der Waals surface area contributed by atoms with Crippen molar-refractivity contribution in [3.8, 4) is 0 Å². The summed E-state index contributed by atoms with van der Waals surface area (Å²) in [6.07, 6.45) is 0.841. The van der Waals surface area contributed by atoms with E-state index in [1.54, 1.807) is 0 Å². The highest BCUT2D eigenvalue weighted by molar-refractivity contribution is 7.17. The zero-order valence-corrected chi connectivity index (χ0v) is 6.79. The second-order valence-electron chi connectivity index (χ2n) is 1.99. The Morgan fingerprint density at radius 1 is 1.73 bits per heavy atom. The molecule has 0 radical (unpaired) electrons. The van der Waals surface area contributed by atoms with Crippen LogP contribution in [-0.2, 0) is 13.9 Å². The number of hydrogen-bond acceptors (Lipinski definition) is 4. The van der Waals surface area contributed by atoms with Crippen molar-refractivity contribution in [2.24, 2.45) is 5.73 Å². The molecule has 0 amide bonds. The number of rotatable bonds is 6. The average molecular weight is 179 g/mol. The molecule has 1 unspecified atom stereocenters. The van der Waals surface area contributed by atoms with Crippen molar-refractivity contribution in [1.82, 2.24) is 0 Å². The van der Waals surface area contributed by atoms with Crippen molar-refractivity contribution < 1.29 is 19.0 Å². The summed E-state index contributed by atoms with van der Waals surface area (Å²) < 4.78 is 14.1. The third-order valence-corrected chi connectivity index (χ3v) is 1.41. The predicted octanol–water partition coefficient (Wildman–Crippen LogP) is 0.402. The van der Waals surface area contributed by atoms with Crippen LogP contribution in [0.4, 0.5) is 0 Å². The van der Waals surface area contributed by atoms with Crippen molar-refractivity contribution in [1.29, 1.82) is 0 Å². The van der Waals surface area contributed by atoms with Crippen LogP contribution in [0, 0.1) is 0 Å². The summed E-state index contributed by atoms with van der Waals surface area (Å²) >= 11 is 0. The molecule has 11 heavy (non-hydrogen) atoms. The molecule has 0 aliphatic rings. The standard InChI is InChI=1S/C5H10NO4P/c6-4(5(7)8)2-1-3-10-11-9/h4H,1-3,6H2,(H,7,8). The summed E-state index contributed by atoms with van der Waals surface area (Å²) in [5, 5.41) is 8.31. The summed E-state index contributed by atoms with van der Waals surface area (Å²) in [5.41, 5.74) is 5.16. The van der Waals surface area contributed by atoms with Gasteiger partial charge in [0, 0.05) is 0 Å². The number of carboxylic acid groups (broad SMARTS) is 1. The summed E-state index contributed by atoms with van der Waals surface area (Å²) in [4.78, 5) is 10.1. The lowest BCUT2D eigenvalue weighted by Gasteiger charge is -2.03. The van der Waals surface area contributed by atoms with Gasteiger partial charge in [0.05, 0.1) is 6.61 Å². The van der Waals surface area contributed by atoms with Gasteiger partial charge >= 0.3 is 14.7 Å². The van der Waals surface area contributed by atoms with Crippen molar-refractivity contribution in [3.05, 3.63) is 0 Å². The minimum atomic E-state index is -1.02. The average Bonchev–Trinajstić information content (AvgIpc) is 1.97. The van der Waals surface area contributed by atoms with Crippen LogP contribution in [0.2, 0.25) is 0 Å². The Hall–Kier alpha value is -0.510. The molecule has 0 aromatic rings. The van der Waals surface area contributed by atoms with E-state index in [1.165, 1.54) is 0 Å². The Morgan fingerprint density at radius 2 is 2.36 bits per heavy atom. The minimum absolute atomic E-state index is 0.270. The number of carbonyl (C=O) groups is 1. The molecule has 0 aliphatic carbocycles. The highest BCUT2D eigenvalue weighted by Gasteiger charge is 2.09. The maximum atomic E-state index is 10.1. The molecular formula is C5H10NO4P. The fraction of sp³-hybridized carbons (Fsp3) is 0.800. The molecule has 0 saturated carbocycles. The molecule has 64 valence electrons. The van der Waals surface area contributed by atoms with Crippen LogP contribution in [0.1, 0.15) is 12.8 Å². The van der Waals surface area contributed by atoms with Crippen LogP contribution in [0.3, 0.4) is 0 Å². The van der Waals surface area contributed by atoms with E-state index in [9.17, 15) is 9.36 Å². The van der Waals surface area contributed by atoms with E-state index in [0.717, 1.165) is 0 Å². The molecule has 5 nitrogen and oxygen atoms in total. The number of aliphatic carboxylic acids is 1. The van der Waals surface area contributed by atoms with Gasteiger partial charge in [-0.25, -0.2) is 4.57 Å². The highest BCUT2D eigenvalue weighted by Crippen LogP contribution is 2.00. The molecule has 0 bridgehead atoms. The fourth-order valence-electron chi connectivity index (χ4n) is 0.529. The van der Waals surface area contributed by atoms with Gasteiger partial charge in [-0.05, 0) is 12.8 Å². The van der Waals surface area contributed by atoms with Crippen LogP contribution in [0.5, 0.6) is 0 Å². The quantitative estimate of drug-likeness (QED) is 0.455. The van der Waals surface area contributed by atoms with Gasteiger partial charge in [-0.2, -0.15) is 0 Å². The first kappa shape index (κ1) is 10.5. The van der Waals surface area contributed by atoms with Gasteiger partial charge in [-0.3, -0.25) is 9.32 Å². The van der Waals surface area contributed by atoms with Crippen molar-refractivity contribution in [3.63, 3.8) is 0 Å². The van der Waals surface area contributed by atoms with E-state index >= 15 is 0 Å². The van der Waals surface area contributed by atoms with E-state index in [0.29, 0.717) is 12.8 Å². The van der Waals surface area contributed by atoms with Crippen LogP contribution in [-0.4, -0.2) is 23.7 Å². The zero-order valence-electron chi connectivity index (χ0n) is 5.90. The first-order valence-electron chi connectivity index (χ1n) is 3.11. The second-order valence-corrected chi connectivity index (χ2v) is 2.40. The molecule has 3 N–H and O–H groups in total. The Balaban J connectivity index is 3.24. The summed E-state index contributed by atoms with van der Waals surface area (Å²) in [7, 11) is -0.380. The van der Waals surface area contributed by atoms with Crippen molar-refractivity contribution >= 4 is 14.7 Å². The van der Waals surface area contributed by atoms with Gasteiger partial charge < -0.3 is 10.8 Å². The van der Waals surface area contributed by atoms with Gasteiger partial charge in [0.2, 0.25) is 0 Å². The normalized spacial score (nSPS) is 13.2. The van der Waals surface area contributed by atoms with Crippen molar-refractivity contribution in [2.45, 2.75) is 18.9 Å². The van der Waals surface area contributed by atoms with Gasteiger partial charge in [0.25, 0.3) is 0 Å². The zero-order chi connectivity index (χ0) is 8.69. The molecule has 0 rings (SSSR count). The highest BCUT2D eigenvalue weighted by atomic mass is 31.1. The van der Waals surface area contributed by atoms with E-state index in [2.05, 4.69) is 4.52 Å². The third-order valence-electron chi connectivity index (χ3n) is 1.12. The first-order chi connectivity index (χ1) is 5.18. The van der Waals surface area contributed by atoms with Crippen LogP contribution >= 0.6 is 8.69 Å². The summed E-state index contributed by atoms with van der Waals surface area (Å²) in [5.74, 6) is -1.02. The SMILES string of the molecule is NC(CCCOP=O)C(=O)O. The van der Waals surface area contributed by atoms with E-state index in [-0.39, 0.29) is 15.3 Å². The number of carboxylic acids is 1. The molecule has 0 saturated heterocycles. The Bertz CT molecular complexity index is 140. The molecule has 0 spiro atoms. The van der Waals surface area contributed by atoms with Gasteiger partial charge in [-0.1, -0.05) is 0 Å². The van der Waals surface area contributed by atoms with E-state index in [4.69, 9.17) is 10.8 Å². The molecule has 0 heterocycles. The van der Waals surface area contributed by atoms with Gasteiger partial charge in [0.15, 0.2) is 0 Å².